The van der Waals surface area contributed by atoms with Gasteiger partial charge in [0, 0.05) is 6.42 Å². The van der Waals surface area contributed by atoms with E-state index >= 15 is 0 Å². The molecular weight excluding hydrogens is 222 g/mol. The minimum Gasteiger partial charge on any atom is -0.465 e. The molecule has 6 heteroatoms. The molecule has 0 aliphatic rings. The Morgan fingerprint density at radius 2 is 1.94 bits per heavy atom. The number of amides is 2. The number of carbonyl (C=O) groups is 2. The van der Waals surface area contributed by atoms with E-state index < -0.39 is 17.5 Å². The third-order valence-electron chi connectivity index (χ3n) is 2.42. The lowest BCUT2D eigenvalue weighted by atomic mass is 9.92. The Labute approximate surface area is 98.8 Å². The number of nitrogens with two attached hydrogens (primary N) is 1. The van der Waals surface area contributed by atoms with Crippen LogP contribution in [-0.4, -0.2) is 22.6 Å². The first kappa shape index (κ1) is 13.0. The molecule has 0 radical (unpaired) electrons. The highest BCUT2D eigenvalue weighted by atomic mass is 16.4. The van der Waals surface area contributed by atoms with Crippen LogP contribution in [0.4, 0.5) is 4.79 Å². The normalized spacial score (nSPS) is 13.5. The molecule has 5 N–H and O–H groups in total. The van der Waals surface area contributed by atoms with Crippen molar-refractivity contribution >= 4 is 12.0 Å². The minimum atomic E-state index is -1.29. The van der Waals surface area contributed by atoms with Crippen LogP contribution in [0.2, 0.25) is 0 Å². The van der Waals surface area contributed by atoms with Crippen molar-refractivity contribution in [2.45, 2.75) is 18.9 Å². The number of carbonyl (C=O) groups excluding carboxylic acids is 1. The molecule has 2 amide bonds. The van der Waals surface area contributed by atoms with Crippen LogP contribution >= 0.6 is 0 Å². The molecule has 0 saturated carbocycles. The molecule has 1 unspecified atom stereocenters. The summed E-state index contributed by atoms with van der Waals surface area (Å²) in [5, 5.41) is 10.9. The Hall–Kier alpha value is -2.08. The molecule has 0 aliphatic carbocycles. The van der Waals surface area contributed by atoms with E-state index in [0.717, 1.165) is 5.56 Å². The van der Waals surface area contributed by atoms with Gasteiger partial charge in [0.1, 0.15) is 5.54 Å². The van der Waals surface area contributed by atoms with E-state index in [9.17, 15) is 9.59 Å². The summed E-state index contributed by atoms with van der Waals surface area (Å²) in [5.74, 6) is 4.48. The molecule has 0 fully saturated rings. The van der Waals surface area contributed by atoms with Crippen molar-refractivity contribution < 1.29 is 14.7 Å². The van der Waals surface area contributed by atoms with Crippen LogP contribution in [0.5, 0.6) is 0 Å². The van der Waals surface area contributed by atoms with Crippen LogP contribution in [0.3, 0.4) is 0 Å². The zero-order valence-corrected chi connectivity index (χ0v) is 9.43. The molecule has 17 heavy (non-hydrogen) atoms. The molecule has 0 saturated heterocycles. The highest BCUT2D eigenvalue weighted by Crippen LogP contribution is 2.13. The highest BCUT2D eigenvalue weighted by molar-refractivity contribution is 5.89. The predicted molar refractivity (Wildman–Crippen MR) is 62.0 cm³/mol. The summed E-state index contributed by atoms with van der Waals surface area (Å²) < 4.78 is 0. The molecule has 0 aromatic heterocycles. The van der Waals surface area contributed by atoms with E-state index in [4.69, 9.17) is 10.9 Å². The Kier molecular flexibility index (Phi) is 4.06. The van der Waals surface area contributed by atoms with Gasteiger partial charge in [0.25, 0.3) is 5.91 Å². The van der Waals surface area contributed by atoms with Crippen molar-refractivity contribution in [1.29, 1.82) is 0 Å². The van der Waals surface area contributed by atoms with Crippen LogP contribution < -0.4 is 16.6 Å². The van der Waals surface area contributed by atoms with Gasteiger partial charge in [-0.25, -0.2) is 10.6 Å². The second-order valence-corrected chi connectivity index (χ2v) is 3.90. The van der Waals surface area contributed by atoms with E-state index in [1.807, 2.05) is 35.8 Å². The van der Waals surface area contributed by atoms with Crippen LogP contribution in [0.1, 0.15) is 12.5 Å². The third-order valence-corrected chi connectivity index (χ3v) is 2.42. The Balaban J connectivity index is 2.91. The minimum absolute atomic E-state index is 0.225. The zero-order chi connectivity index (χ0) is 12.9. The van der Waals surface area contributed by atoms with Crippen LogP contribution in [0.15, 0.2) is 30.3 Å². The lowest BCUT2D eigenvalue weighted by Gasteiger charge is -2.27. The summed E-state index contributed by atoms with van der Waals surface area (Å²) in [6, 6.07) is 9.10. The van der Waals surface area contributed by atoms with Gasteiger partial charge in [-0.2, -0.15) is 0 Å². The van der Waals surface area contributed by atoms with Crippen molar-refractivity contribution in [1.82, 2.24) is 10.7 Å². The maximum Gasteiger partial charge on any atom is 0.405 e. The van der Waals surface area contributed by atoms with E-state index in [1.54, 1.807) is 0 Å². The first-order chi connectivity index (χ1) is 7.98. The Morgan fingerprint density at radius 3 is 2.41 bits per heavy atom. The zero-order valence-electron chi connectivity index (χ0n) is 9.43. The molecule has 6 nitrogen and oxygen atoms in total. The molecule has 0 aliphatic heterocycles. The van der Waals surface area contributed by atoms with Crippen molar-refractivity contribution in [2.24, 2.45) is 5.84 Å². The fraction of sp³-hybridized carbons (Fsp3) is 0.273. The number of hydrogen-bond donors (Lipinski definition) is 4. The van der Waals surface area contributed by atoms with E-state index in [2.05, 4.69) is 5.32 Å². The van der Waals surface area contributed by atoms with Crippen LogP contribution in [0, 0.1) is 0 Å². The SMILES string of the molecule is CC(Cc1ccccc1)(NC(=O)O)C(=O)NN. The molecule has 92 valence electrons. The van der Waals surface area contributed by atoms with Gasteiger partial charge in [0.2, 0.25) is 0 Å². The van der Waals surface area contributed by atoms with Gasteiger partial charge in [-0.05, 0) is 12.5 Å². The molecular formula is C11H15N3O3. The number of rotatable bonds is 4. The average Bonchev–Trinajstić information content (AvgIpc) is 2.28. The Bertz CT molecular complexity index is 408. The topological polar surface area (TPSA) is 104 Å². The molecule has 1 atom stereocenters. The number of hydrazine groups is 1. The van der Waals surface area contributed by atoms with Gasteiger partial charge in [-0.3, -0.25) is 10.2 Å². The summed E-state index contributed by atoms with van der Waals surface area (Å²) >= 11 is 0. The summed E-state index contributed by atoms with van der Waals surface area (Å²) in [5.41, 5.74) is 1.52. The van der Waals surface area contributed by atoms with E-state index in [-0.39, 0.29) is 6.42 Å². The first-order valence-corrected chi connectivity index (χ1v) is 5.04. The molecule has 1 rings (SSSR count). The van der Waals surface area contributed by atoms with Gasteiger partial charge in [-0.1, -0.05) is 30.3 Å². The number of benzene rings is 1. The number of hydrogen-bond acceptors (Lipinski definition) is 3. The lowest BCUT2D eigenvalue weighted by Crippen LogP contribution is -2.59. The van der Waals surface area contributed by atoms with Crippen molar-refractivity contribution in [3.63, 3.8) is 0 Å². The summed E-state index contributed by atoms with van der Waals surface area (Å²) in [7, 11) is 0. The van der Waals surface area contributed by atoms with Crippen LogP contribution in [-0.2, 0) is 11.2 Å². The van der Waals surface area contributed by atoms with E-state index in [1.165, 1.54) is 6.92 Å². The maximum atomic E-state index is 11.6. The summed E-state index contributed by atoms with van der Waals surface area (Å²) in [6.07, 6.45) is -1.05. The standard InChI is InChI=1S/C11H15N3O3/c1-11(9(15)14-12,13-10(16)17)7-8-5-3-2-4-6-8/h2-6,13H,7,12H2,1H3,(H,14,15)(H,16,17). The van der Waals surface area contributed by atoms with Crippen molar-refractivity contribution in [2.75, 3.05) is 0 Å². The number of carboxylic acid groups (broad SMARTS) is 1. The fourth-order valence-electron chi connectivity index (χ4n) is 1.58. The van der Waals surface area contributed by atoms with Gasteiger partial charge in [0.05, 0.1) is 0 Å². The largest absolute Gasteiger partial charge is 0.465 e. The lowest BCUT2D eigenvalue weighted by molar-refractivity contribution is -0.126. The van der Waals surface area contributed by atoms with Crippen LogP contribution in [0.25, 0.3) is 0 Å². The molecule has 0 spiro atoms. The Morgan fingerprint density at radius 1 is 1.35 bits per heavy atom. The average molecular weight is 237 g/mol. The molecule has 0 bridgehead atoms. The fourth-order valence-corrected chi connectivity index (χ4v) is 1.58. The second kappa shape index (κ2) is 5.31. The maximum absolute atomic E-state index is 11.6. The van der Waals surface area contributed by atoms with Gasteiger partial charge in [-0.15, -0.1) is 0 Å². The van der Waals surface area contributed by atoms with E-state index in [0.29, 0.717) is 0 Å². The quantitative estimate of drug-likeness (QED) is 0.342. The summed E-state index contributed by atoms with van der Waals surface area (Å²) in [6.45, 7) is 1.48. The predicted octanol–water partition coefficient (Wildman–Crippen LogP) is 0.245. The van der Waals surface area contributed by atoms with Crippen molar-refractivity contribution in [3.8, 4) is 0 Å². The highest BCUT2D eigenvalue weighted by Gasteiger charge is 2.34. The van der Waals surface area contributed by atoms with Gasteiger partial charge >= 0.3 is 6.09 Å². The van der Waals surface area contributed by atoms with Gasteiger partial charge in [0.15, 0.2) is 0 Å². The molecule has 1 aromatic carbocycles. The van der Waals surface area contributed by atoms with Crippen molar-refractivity contribution in [3.05, 3.63) is 35.9 Å². The second-order valence-electron chi connectivity index (χ2n) is 3.90. The first-order valence-electron chi connectivity index (χ1n) is 5.04. The smallest absolute Gasteiger partial charge is 0.405 e. The summed E-state index contributed by atoms with van der Waals surface area (Å²) in [4.78, 5) is 22.3. The number of nitrogens with one attached hydrogen (secondary N) is 2. The molecule has 1 aromatic rings. The third kappa shape index (κ3) is 3.46. The molecule has 0 heterocycles. The van der Waals surface area contributed by atoms with Gasteiger partial charge < -0.3 is 10.4 Å². The monoisotopic (exact) mass is 237 g/mol.